The van der Waals surface area contributed by atoms with E-state index in [1.54, 1.807) is 32.2 Å². The van der Waals surface area contributed by atoms with E-state index in [4.69, 9.17) is 19.2 Å². The number of methoxy groups -OCH3 is 1. The number of nitro benzene ring substituents is 1. The molecule has 0 fully saturated rings. The third kappa shape index (κ3) is 4.92. The normalized spacial score (nSPS) is 20.4. The third-order valence-electron chi connectivity index (χ3n) is 7.03. The maximum atomic E-state index is 14.1. The molecule has 1 aliphatic rings. The summed E-state index contributed by atoms with van der Waals surface area (Å²) in [5, 5.41) is 17.1. The summed E-state index contributed by atoms with van der Waals surface area (Å²) in [6.45, 7) is 7.38. The van der Waals surface area contributed by atoms with Gasteiger partial charge >= 0.3 is 17.6 Å². The summed E-state index contributed by atoms with van der Waals surface area (Å²) in [4.78, 5) is 43.6. The Morgan fingerprint density at radius 1 is 1.12 bits per heavy atom. The standard InChI is InChI=1S/C29H31N3O7S/c1-6-38-26(33)24-17(3)30-18(4)29(28(34)39-7-2,25(24)19-11-9-8-10-12-19)27-31-21(16-40-27)20-13-14-23(37-5)22(15-20)32(35)36/h8-16,18,25,30H,6-7H2,1-5H3. The van der Waals surface area contributed by atoms with E-state index in [1.807, 2.05) is 37.3 Å². The first-order chi connectivity index (χ1) is 19.2. The Hall–Kier alpha value is -4.25. The van der Waals surface area contributed by atoms with Gasteiger partial charge in [-0.05, 0) is 45.4 Å². The molecule has 10 nitrogen and oxygen atoms in total. The van der Waals surface area contributed by atoms with Crippen molar-refractivity contribution in [3.8, 4) is 17.0 Å². The Morgan fingerprint density at radius 3 is 2.45 bits per heavy atom. The number of benzene rings is 2. The molecule has 3 aromatic rings. The van der Waals surface area contributed by atoms with Gasteiger partial charge in [-0.2, -0.15) is 0 Å². The van der Waals surface area contributed by atoms with Crippen LogP contribution in [0.2, 0.25) is 0 Å². The summed E-state index contributed by atoms with van der Waals surface area (Å²) < 4.78 is 16.3. The van der Waals surface area contributed by atoms with Crippen molar-refractivity contribution in [1.29, 1.82) is 0 Å². The Morgan fingerprint density at radius 2 is 1.82 bits per heavy atom. The molecule has 1 aliphatic heterocycles. The van der Waals surface area contributed by atoms with E-state index in [1.165, 1.54) is 30.6 Å². The number of nitrogens with zero attached hydrogens (tertiary/aromatic N) is 2. The average molecular weight is 566 g/mol. The van der Waals surface area contributed by atoms with Crippen molar-refractivity contribution in [1.82, 2.24) is 10.3 Å². The van der Waals surface area contributed by atoms with Crippen LogP contribution in [-0.4, -0.2) is 48.2 Å². The minimum Gasteiger partial charge on any atom is -0.490 e. The highest BCUT2D eigenvalue weighted by molar-refractivity contribution is 7.10. The number of thiazole rings is 1. The monoisotopic (exact) mass is 565 g/mol. The molecule has 3 atom stereocenters. The molecule has 0 saturated heterocycles. The first kappa shape index (κ1) is 28.8. The van der Waals surface area contributed by atoms with Crippen LogP contribution in [0.3, 0.4) is 0 Å². The highest BCUT2D eigenvalue weighted by Gasteiger charge is 2.60. The van der Waals surface area contributed by atoms with Gasteiger partial charge in [0.1, 0.15) is 5.01 Å². The van der Waals surface area contributed by atoms with E-state index in [0.717, 1.165) is 5.56 Å². The fraction of sp³-hybridized carbons (Fsp3) is 0.345. The van der Waals surface area contributed by atoms with Crippen molar-refractivity contribution in [3.63, 3.8) is 0 Å². The molecular weight excluding hydrogens is 534 g/mol. The smallest absolute Gasteiger partial charge is 0.336 e. The van der Waals surface area contributed by atoms with E-state index in [2.05, 4.69) is 5.32 Å². The Balaban J connectivity index is 1.99. The molecule has 210 valence electrons. The summed E-state index contributed by atoms with van der Waals surface area (Å²) in [5.74, 6) is -1.74. The number of esters is 2. The SMILES string of the molecule is CCOC(=O)C1=C(C)NC(C)C(C(=O)OCC)(c2nc(-c3ccc(OC)c([N+](=O)[O-])c3)cs2)C1c1ccccc1. The number of rotatable bonds is 9. The Labute approximate surface area is 236 Å². The van der Waals surface area contributed by atoms with Gasteiger partial charge in [-0.15, -0.1) is 11.3 Å². The van der Waals surface area contributed by atoms with Gasteiger partial charge < -0.3 is 19.5 Å². The molecular formula is C29H31N3O7S. The first-order valence-electron chi connectivity index (χ1n) is 12.9. The molecule has 1 aromatic heterocycles. The van der Waals surface area contributed by atoms with Crippen LogP contribution in [0.4, 0.5) is 5.69 Å². The van der Waals surface area contributed by atoms with Crippen molar-refractivity contribution < 1.29 is 28.7 Å². The van der Waals surface area contributed by atoms with Crippen LogP contribution in [-0.2, 0) is 24.5 Å². The number of allylic oxidation sites excluding steroid dienone is 1. The van der Waals surface area contributed by atoms with E-state index in [9.17, 15) is 19.7 Å². The van der Waals surface area contributed by atoms with Crippen molar-refractivity contribution in [2.45, 2.75) is 45.1 Å². The molecule has 2 aromatic carbocycles. The van der Waals surface area contributed by atoms with Gasteiger partial charge in [0.15, 0.2) is 11.2 Å². The lowest BCUT2D eigenvalue weighted by Gasteiger charge is -2.46. The number of ether oxygens (including phenoxy) is 3. The van der Waals surface area contributed by atoms with Gasteiger partial charge in [-0.3, -0.25) is 14.9 Å². The molecule has 0 saturated carbocycles. The minimum atomic E-state index is -1.46. The maximum absolute atomic E-state index is 14.1. The van der Waals surface area contributed by atoms with E-state index >= 15 is 0 Å². The zero-order chi connectivity index (χ0) is 29.0. The maximum Gasteiger partial charge on any atom is 0.336 e. The van der Waals surface area contributed by atoms with Crippen LogP contribution in [0.25, 0.3) is 11.3 Å². The third-order valence-corrected chi connectivity index (χ3v) is 8.03. The molecule has 11 heteroatoms. The van der Waals surface area contributed by atoms with Crippen molar-refractivity contribution >= 4 is 29.0 Å². The Bertz CT molecular complexity index is 1450. The zero-order valence-corrected chi connectivity index (χ0v) is 23.7. The van der Waals surface area contributed by atoms with Gasteiger partial charge in [-0.1, -0.05) is 30.3 Å². The molecule has 1 N–H and O–H groups in total. The predicted octanol–water partition coefficient (Wildman–Crippen LogP) is 5.14. The zero-order valence-electron chi connectivity index (χ0n) is 22.9. The lowest BCUT2D eigenvalue weighted by molar-refractivity contribution is -0.385. The molecule has 40 heavy (non-hydrogen) atoms. The summed E-state index contributed by atoms with van der Waals surface area (Å²) in [5.41, 5.74) is 0.908. The largest absolute Gasteiger partial charge is 0.490 e. The molecule has 2 heterocycles. The molecule has 0 spiro atoms. The molecule has 0 radical (unpaired) electrons. The molecule has 0 bridgehead atoms. The second-order valence-corrected chi connectivity index (χ2v) is 10.1. The van der Waals surface area contributed by atoms with Crippen LogP contribution in [0.1, 0.15) is 44.2 Å². The summed E-state index contributed by atoms with van der Waals surface area (Å²) >= 11 is 1.23. The van der Waals surface area contributed by atoms with Gasteiger partial charge in [0.05, 0.1) is 36.5 Å². The Kier molecular flexibility index (Phi) is 8.53. The topological polar surface area (TPSA) is 130 Å². The van der Waals surface area contributed by atoms with Gasteiger partial charge in [0, 0.05) is 34.7 Å². The average Bonchev–Trinajstić information content (AvgIpc) is 3.43. The van der Waals surface area contributed by atoms with E-state index < -0.39 is 34.2 Å². The van der Waals surface area contributed by atoms with E-state index in [0.29, 0.717) is 27.5 Å². The lowest BCUT2D eigenvalue weighted by Crippen LogP contribution is -2.60. The fourth-order valence-corrected chi connectivity index (χ4v) is 6.43. The summed E-state index contributed by atoms with van der Waals surface area (Å²) in [7, 11) is 1.36. The number of nitro groups is 1. The van der Waals surface area contributed by atoms with Crippen LogP contribution in [0.15, 0.2) is 65.2 Å². The molecule has 0 amide bonds. The number of hydrogen-bond donors (Lipinski definition) is 1. The predicted molar refractivity (Wildman–Crippen MR) is 150 cm³/mol. The summed E-state index contributed by atoms with van der Waals surface area (Å²) in [6.07, 6.45) is 0. The number of carbonyl (C=O) groups is 2. The molecule has 0 aliphatic carbocycles. The number of nitrogens with one attached hydrogen (secondary N) is 1. The van der Waals surface area contributed by atoms with Crippen LogP contribution in [0, 0.1) is 10.1 Å². The second kappa shape index (κ2) is 11.9. The quantitative estimate of drug-likeness (QED) is 0.213. The molecule has 3 unspecified atom stereocenters. The van der Waals surface area contributed by atoms with Gasteiger partial charge in [0.2, 0.25) is 0 Å². The summed E-state index contributed by atoms with van der Waals surface area (Å²) in [6, 6.07) is 13.3. The van der Waals surface area contributed by atoms with Crippen LogP contribution in [0.5, 0.6) is 5.75 Å². The lowest BCUT2D eigenvalue weighted by atomic mass is 9.62. The van der Waals surface area contributed by atoms with Crippen molar-refractivity contribution in [3.05, 3.63) is 85.9 Å². The van der Waals surface area contributed by atoms with E-state index in [-0.39, 0.29) is 24.7 Å². The number of carbonyl (C=O) groups excluding carboxylic acids is 2. The van der Waals surface area contributed by atoms with Crippen LogP contribution >= 0.6 is 11.3 Å². The van der Waals surface area contributed by atoms with Crippen molar-refractivity contribution in [2.24, 2.45) is 0 Å². The number of aromatic nitrogens is 1. The van der Waals surface area contributed by atoms with Gasteiger partial charge in [-0.25, -0.2) is 9.78 Å². The second-order valence-electron chi connectivity index (χ2n) is 9.24. The number of hydrogen-bond acceptors (Lipinski definition) is 10. The minimum absolute atomic E-state index is 0.120. The first-order valence-corrected chi connectivity index (χ1v) is 13.7. The fourth-order valence-electron chi connectivity index (χ4n) is 5.29. The van der Waals surface area contributed by atoms with Crippen LogP contribution < -0.4 is 10.1 Å². The van der Waals surface area contributed by atoms with Crippen molar-refractivity contribution in [2.75, 3.05) is 20.3 Å². The highest BCUT2D eigenvalue weighted by atomic mass is 32.1. The highest BCUT2D eigenvalue weighted by Crippen LogP contribution is 2.52. The van der Waals surface area contributed by atoms with Gasteiger partial charge in [0.25, 0.3) is 0 Å². The molecule has 4 rings (SSSR count).